The zero-order chi connectivity index (χ0) is 20.8. The van der Waals surface area contributed by atoms with E-state index in [4.69, 9.17) is 0 Å². The van der Waals surface area contributed by atoms with Crippen LogP contribution < -0.4 is 16.0 Å². The van der Waals surface area contributed by atoms with E-state index in [-0.39, 0.29) is 18.0 Å². The lowest BCUT2D eigenvalue weighted by Crippen LogP contribution is -2.49. The molecular formula is C21H30N6O2. The minimum atomic E-state index is -0.229. The molecule has 8 heteroatoms. The molecule has 0 bridgehead atoms. The van der Waals surface area contributed by atoms with E-state index in [1.807, 2.05) is 51.2 Å². The molecule has 1 unspecified atom stereocenters. The predicted molar refractivity (Wildman–Crippen MR) is 114 cm³/mol. The normalized spacial score (nSPS) is 17.0. The molecule has 1 aromatic heterocycles. The van der Waals surface area contributed by atoms with E-state index in [2.05, 4.69) is 25.9 Å². The van der Waals surface area contributed by atoms with Crippen molar-refractivity contribution in [2.45, 2.75) is 39.2 Å². The quantitative estimate of drug-likeness (QED) is 0.698. The van der Waals surface area contributed by atoms with Crippen molar-refractivity contribution in [3.05, 3.63) is 41.7 Å². The second kappa shape index (κ2) is 9.56. The smallest absolute Gasteiger partial charge is 0.319 e. The van der Waals surface area contributed by atoms with E-state index >= 15 is 0 Å². The lowest BCUT2D eigenvalue weighted by Gasteiger charge is -2.35. The largest absolute Gasteiger partial charge is 0.336 e. The maximum atomic E-state index is 12.6. The first-order valence-corrected chi connectivity index (χ1v) is 10.1. The number of nitrogens with zero attached hydrogens (tertiary/aromatic N) is 3. The monoisotopic (exact) mass is 398 g/mol. The molecule has 0 aliphatic carbocycles. The van der Waals surface area contributed by atoms with Crippen LogP contribution in [0.1, 0.15) is 30.7 Å². The molecule has 1 aliphatic heterocycles. The Morgan fingerprint density at radius 1 is 1.14 bits per heavy atom. The van der Waals surface area contributed by atoms with E-state index < -0.39 is 0 Å². The molecule has 0 radical (unpaired) electrons. The number of aromatic nitrogens is 2. The van der Waals surface area contributed by atoms with Gasteiger partial charge in [0.2, 0.25) is 5.91 Å². The molecule has 1 saturated heterocycles. The predicted octanol–water partition coefficient (Wildman–Crippen LogP) is 2.65. The van der Waals surface area contributed by atoms with E-state index in [0.29, 0.717) is 13.1 Å². The number of anilines is 2. The molecule has 1 aromatic carbocycles. The van der Waals surface area contributed by atoms with Crippen LogP contribution in [0, 0.1) is 13.8 Å². The van der Waals surface area contributed by atoms with E-state index in [0.717, 1.165) is 48.6 Å². The molecule has 0 saturated carbocycles. The van der Waals surface area contributed by atoms with E-state index in [9.17, 15) is 9.59 Å². The summed E-state index contributed by atoms with van der Waals surface area (Å²) in [4.78, 5) is 27.0. The molecule has 1 fully saturated rings. The molecule has 1 aliphatic rings. The second-order valence-corrected chi connectivity index (χ2v) is 7.54. The topological polar surface area (TPSA) is 91.3 Å². The molecule has 1 atom stereocenters. The van der Waals surface area contributed by atoms with Crippen LogP contribution in [0.15, 0.2) is 30.3 Å². The van der Waals surface area contributed by atoms with Crippen LogP contribution in [0.4, 0.5) is 16.2 Å². The van der Waals surface area contributed by atoms with Crippen LogP contribution >= 0.6 is 0 Å². The number of likely N-dealkylation sites (tertiary alicyclic amines) is 1. The summed E-state index contributed by atoms with van der Waals surface area (Å²) in [6.07, 6.45) is 3.13. The van der Waals surface area contributed by atoms with Crippen LogP contribution in [0.5, 0.6) is 0 Å². The van der Waals surface area contributed by atoms with Gasteiger partial charge in [-0.2, -0.15) is 5.10 Å². The minimum absolute atomic E-state index is 0.0511. The number of hydrogen-bond donors (Lipinski definition) is 3. The highest BCUT2D eigenvalue weighted by Crippen LogP contribution is 2.20. The highest BCUT2D eigenvalue weighted by atomic mass is 16.2. The van der Waals surface area contributed by atoms with Crippen molar-refractivity contribution in [3.8, 4) is 0 Å². The van der Waals surface area contributed by atoms with Gasteiger partial charge in [-0.25, -0.2) is 4.79 Å². The fourth-order valence-electron chi connectivity index (χ4n) is 3.72. The first-order chi connectivity index (χ1) is 13.9. The number of nitrogens with one attached hydrogen (secondary N) is 3. The maximum absolute atomic E-state index is 12.6. The van der Waals surface area contributed by atoms with Gasteiger partial charge in [-0.1, -0.05) is 24.6 Å². The van der Waals surface area contributed by atoms with Crippen LogP contribution in [-0.2, 0) is 11.8 Å². The average molecular weight is 399 g/mol. The number of para-hydroxylation sites is 1. The third-order valence-electron chi connectivity index (χ3n) is 5.40. The Kier molecular flexibility index (Phi) is 6.87. The van der Waals surface area contributed by atoms with Crippen LogP contribution in [-0.4, -0.2) is 52.3 Å². The molecule has 8 nitrogen and oxygen atoms in total. The molecule has 2 heterocycles. The zero-order valence-electron chi connectivity index (χ0n) is 17.4. The Hall–Kier alpha value is -2.87. The second-order valence-electron chi connectivity index (χ2n) is 7.54. The Morgan fingerprint density at radius 3 is 2.59 bits per heavy atom. The number of carbonyl (C=O) groups excluding carboxylic acids is 2. The van der Waals surface area contributed by atoms with Crippen LogP contribution in [0.3, 0.4) is 0 Å². The number of urea groups is 1. The summed E-state index contributed by atoms with van der Waals surface area (Å²) in [6.45, 7) is 5.50. The molecular weight excluding hydrogens is 368 g/mol. The van der Waals surface area contributed by atoms with Gasteiger partial charge >= 0.3 is 6.03 Å². The Labute approximate surface area is 171 Å². The van der Waals surface area contributed by atoms with Crippen molar-refractivity contribution in [1.82, 2.24) is 20.0 Å². The summed E-state index contributed by atoms with van der Waals surface area (Å²) in [5, 5.41) is 13.1. The third-order valence-corrected chi connectivity index (χ3v) is 5.40. The van der Waals surface area contributed by atoms with Crippen molar-refractivity contribution >= 4 is 23.3 Å². The van der Waals surface area contributed by atoms with Crippen LogP contribution in [0.25, 0.3) is 0 Å². The Morgan fingerprint density at radius 2 is 1.90 bits per heavy atom. The number of aryl methyl sites for hydroxylation is 2. The summed E-state index contributed by atoms with van der Waals surface area (Å²) < 4.78 is 1.77. The lowest BCUT2D eigenvalue weighted by molar-refractivity contribution is -0.118. The minimum Gasteiger partial charge on any atom is -0.336 e. The third kappa shape index (κ3) is 5.57. The highest BCUT2D eigenvalue weighted by Gasteiger charge is 2.25. The zero-order valence-corrected chi connectivity index (χ0v) is 17.4. The molecule has 156 valence electrons. The van der Waals surface area contributed by atoms with Crippen LogP contribution in [0.2, 0.25) is 0 Å². The van der Waals surface area contributed by atoms with Gasteiger partial charge in [0.1, 0.15) is 0 Å². The SMILES string of the molecule is Cc1nn(C)c(C)c1NC(=O)CN1CCCCC1CNC(=O)Nc1ccccc1. The molecule has 3 amide bonds. The summed E-state index contributed by atoms with van der Waals surface area (Å²) >= 11 is 0. The number of rotatable bonds is 6. The summed E-state index contributed by atoms with van der Waals surface area (Å²) in [6, 6.07) is 9.27. The number of piperidine rings is 1. The first-order valence-electron chi connectivity index (χ1n) is 10.1. The first kappa shape index (κ1) is 20.9. The molecule has 3 rings (SSSR count). The van der Waals surface area contributed by atoms with Crippen molar-refractivity contribution in [2.24, 2.45) is 7.05 Å². The van der Waals surface area contributed by atoms with Crippen molar-refractivity contribution < 1.29 is 9.59 Å². The number of hydrogen-bond acceptors (Lipinski definition) is 4. The fraction of sp³-hybridized carbons (Fsp3) is 0.476. The van der Waals surface area contributed by atoms with E-state index in [1.165, 1.54) is 0 Å². The van der Waals surface area contributed by atoms with Crippen molar-refractivity contribution in [2.75, 3.05) is 30.3 Å². The molecule has 29 heavy (non-hydrogen) atoms. The number of carbonyl (C=O) groups is 2. The average Bonchev–Trinajstić information content (AvgIpc) is 2.94. The summed E-state index contributed by atoms with van der Waals surface area (Å²) in [7, 11) is 1.87. The standard InChI is InChI=1S/C21H30N6O2/c1-15-20(16(2)26(3)25-15)24-19(28)14-27-12-8-7-11-18(27)13-22-21(29)23-17-9-5-4-6-10-17/h4-6,9-10,18H,7-8,11-14H2,1-3H3,(H,24,28)(H2,22,23,29). The van der Waals surface area contributed by atoms with Crippen molar-refractivity contribution in [3.63, 3.8) is 0 Å². The van der Waals surface area contributed by atoms with Gasteiger partial charge in [0, 0.05) is 25.3 Å². The summed E-state index contributed by atoms with van der Waals surface area (Å²) in [5.74, 6) is -0.0511. The molecule has 2 aromatic rings. The van der Waals surface area contributed by atoms with Gasteiger partial charge in [0.05, 0.1) is 23.6 Å². The van der Waals surface area contributed by atoms with Gasteiger partial charge in [-0.05, 0) is 45.4 Å². The lowest BCUT2D eigenvalue weighted by atomic mass is 10.0. The van der Waals surface area contributed by atoms with Gasteiger partial charge in [0.25, 0.3) is 0 Å². The Bertz CT molecular complexity index is 848. The number of benzene rings is 1. The fourth-order valence-corrected chi connectivity index (χ4v) is 3.72. The summed E-state index contributed by atoms with van der Waals surface area (Å²) in [5.41, 5.74) is 3.29. The Balaban J connectivity index is 1.52. The highest BCUT2D eigenvalue weighted by molar-refractivity contribution is 5.93. The van der Waals surface area contributed by atoms with Crippen molar-refractivity contribution in [1.29, 1.82) is 0 Å². The molecule has 3 N–H and O–H groups in total. The maximum Gasteiger partial charge on any atom is 0.319 e. The van der Waals surface area contributed by atoms with E-state index in [1.54, 1.807) is 4.68 Å². The molecule has 0 spiro atoms. The van der Waals surface area contributed by atoms with Gasteiger partial charge in [-0.3, -0.25) is 14.4 Å². The van der Waals surface area contributed by atoms with Gasteiger partial charge in [-0.15, -0.1) is 0 Å². The van der Waals surface area contributed by atoms with Gasteiger partial charge < -0.3 is 16.0 Å². The van der Waals surface area contributed by atoms with Gasteiger partial charge in [0.15, 0.2) is 0 Å². The number of amides is 3.